The largest absolute Gasteiger partial charge is 0.339 e. The molecular weight excluding hydrogens is 336 g/mol. The number of likely N-dealkylation sites (tertiary alicyclic amines) is 1. The number of aryl methyl sites for hydroxylation is 2. The van der Waals surface area contributed by atoms with E-state index in [9.17, 15) is 9.59 Å². The van der Waals surface area contributed by atoms with Gasteiger partial charge in [0.05, 0.1) is 17.7 Å². The van der Waals surface area contributed by atoms with Crippen molar-refractivity contribution in [1.29, 1.82) is 0 Å². The van der Waals surface area contributed by atoms with E-state index in [1.807, 2.05) is 49.1 Å². The first-order valence-corrected chi connectivity index (χ1v) is 9.79. The Morgan fingerprint density at radius 3 is 2.37 bits per heavy atom. The van der Waals surface area contributed by atoms with Crippen molar-refractivity contribution in [2.24, 2.45) is 0 Å². The number of carbonyl (C=O) groups excluding carboxylic acids is 2. The summed E-state index contributed by atoms with van der Waals surface area (Å²) in [6.07, 6.45) is 4.76. The Morgan fingerprint density at radius 1 is 0.963 bits per heavy atom. The number of para-hydroxylation sites is 1. The Labute approximate surface area is 161 Å². The first-order chi connectivity index (χ1) is 13.0. The Balaban J connectivity index is 1.73. The third-order valence-electron chi connectivity index (χ3n) is 5.17. The van der Waals surface area contributed by atoms with Gasteiger partial charge in [0.25, 0.3) is 5.91 Å². The number of benzene rings is 2. The molecule has 0 aromatic heterocycles. The average molecular weight is 364 g/mol. The van der Waals surface area contributed by atoms with Crippen LogP contribution in [0.4, 0.5) is 5.69 Å². The summed E-state index contributed by atoms with van der Waals surface area (Å²) in [7, 11) is 0. The minimum absolute atomic E-state index is 0.0133. The van der Waals surface area contributed by atoms with Crippen LogP contribution in [0.25, 0.3) is 0 Å². The Kier molecular flexibility index (Phi) is 6.28. The van der Waals surface area contributed by atoms with Crippen LogP contribution < -0.4 is 5.32 Å². The molecule has 27 heavy (non-hydrogen) atoms. The third-order valence-corrected chi connectivity index (χ3v) is 5.17. The second-order valence-electron chi connectivity index (χ2n) is 7.41. The number of nitrogens with zero attached hydrogens (tertiary/aromatic N) is 1. The van der Waals surface area contributed by atoms with Crippen LogP contribution in [-0.4, -0.2) is 29.8 Å². The molecule has 4 heteroatoms. The molecule has 2 aromatic rings. The molecule has 0 atom stereocenters. The minimum atomic E-state index is -0.0990. The highest BCUT2D eigenvalue weighted by molar-refractivity contribution is 6.04. The molecule has 1 aliphatic rings. The molecule has 1 N–H and O–H groups in total. The molecule has 142 valence electrons. The molecule has 1 heterocycles. The van der Waals surface area contributed by atoms with E-state index >= 15 is 0 Å². The topological polar surface area (TPSA) is 49.4 Å². The van der Waals surface area contributed by atoms with E-state index in [4.69, 9.17) is 0 Å². The lowest BCUT2D eigenvalue weighted by Gasteiger charge is -2.22. The predicted octanol–water partition coefficient (Wildman–Crippen LogP) is 4.50. The standard InChI is InChI=1S/C23H28N2O2/c1-17-11-12-19(18(2)15-17)16-22(26)24-21-10-6-5-9-20(21)23(27)25-13-7-3-4-8-14-25/h5-6,9-12,15H,3-4,7-8,13-14,16H2,1-2H3,(H,24,26). The molecule has 2 amide bonds. The molecule has 1 fully saturated rings. The summed E-state index contributed by atoms with van der Waals surface area (Å²) in [5.41, 5.74) is 4.48. The van der Waals surface area contributed by atoms with Gasteiger partial charge in [0.15, 0.2) is 0 Å². The van der Waals surface area contributed by atoms with Crippen LogP contribution in [0, 0.1) is 13.8 Å². The zero-order valence-electron chi connectivity index (χ0n) is 16.3. The lowest BCUT2D eigenvalue weighted by Crippen LogP contribution is -2.32. The number of amides is 2. The fourth-order valence-corrected chi connectivity index (χ4v) is 3.63. The Morgan fingerprint density at radius 2 is 1.67 bits per heavy atom. The van der Waals surface area contributed by atoms with Crippen LogP contribution in [0.15, 0.2) is 42.5 Å². The van der Waals surface area contributed by atoms with Crippen molar-refractivity contribution in [3.05, 3.63) is 64.7 Å². The summed E-state index contributed by atoms with van der Waals surface area (Å²) in [5, 5.41) is 2.95. The van der Waals surface area contributed by atoms with Gasteiger partial charge in [-0.05, 0) is 49.9 Å². The van der Waals surface area contributed by atoms with E-state index in [0.29, 0.717) is 17.7 Å². The van der Waals surface area contributed by atoms with Crippen molar-refractivity contribution in [2.75, 3.05) is 18.4 Å². The maximum Gasteiger partial charge on any atom is 0.255 e. The molecule has 4 nitrogen and oxygen atoms in total. The van der Waals surface area contributed by atoms with Crippen molar-refractivity contribution in [2.45, 2.75) is 46.0 Å². The van der Waals surface area contributed by atoms with E-state index in [2.05, 4.69) is 11.4 Å². The summed E-state index contributed by atoms with van der Waals surface area (Å²) < 4.78 is 0. The van der Waals surface area contributed by atoms with E-state index in [-0.39, 0.29) is 11.8 Å². The lowest BCUT2D eigenvalue weighted by atomic mass is 10.0. The molecule has 1 saturated heterocycles. The number of nitrogens with one attached hydrogen (secondary N) is 1. The van der Waals surface area contributed by atoms with Crippen LogP contribution in [-0.2, 0) is 11.2 Å². The molecule has 0 saturated carbocycles. The molecule has 0 bridgehead atoms. The van der Waals surface area contributed by atoms with E-state index in [1.165, 1.54) is 18.4 Å². The molecule has 0 aliphatic carbocycles. The monoisotopic (exact) mass is 364 g/mol. The van der Waals surface area contributed by atoms with Crippen molar-refractivity contribution in [3.8, 4) is 0 Å². The summed E-state index contributed by atoms with van der Waals surface area (Å²) in [6, 6.07) is 13.4. The molecule has 3 rings (SSSR count). The number of hydrogen-bond acceptors (Lipinski definition) is 2. The number of carbonyl (C=O) groups is 2. The summed E-state index contributed by atoms with van der Waals surface area (Å²) >= 11 is 0. The van der Waals surface area contributed by atoms with Crippen LogP contribution in [0.1, 0.15) is 52.7 Å². The van der Waals surface area contributed by atoms with Crippen LogP contribution in [0.2, 0.25) is 0 Å². The highest BCUT2D eigenvalue weighted by Crippen LogP contribution is 2.20. The number of rotatable bonds is 4. The van der Waals surface area contributed by atoms with Crippen molar-refractivity contribution in [1.82, 2.24) is 4.90 Å². The Bertz CT molecular complexity index is 821. The van der Waals surface area contributed by atoms with Crippen LogP contribution in [0.3, 0.4) is 0 Å². The molecule has 1 aliphatic heterocycles. The van der Waals surface area contributed by atoms with Crippen LogP contribution >= 0.6 is 0 Å². The lowest BCUT2D eigenvalue weighted by molar-refractivity contribution is -0.115. The normalized spacial score (nSPS) is 14.5. The first-order valence-electron chi connectivity index (χ1n) is 9.79. The summed E-state index contributed by atoms with van der Waals surface area (Å²) in [5.74, 6) is -0.0858. The number of hydrogen-bond donors (Lipinski definition) is 1. The summed E-state index contributed by atoms with van der Waals surface area (Å²) in [6.45, 7) is 5.65. The number of anilines is 1. The molecule has 0 spiro atoms. The zero-order valence-corrected chi connectivity index (χ0v) is 16.3. The van der Waals surface area contributed by atoms with Crippen molar-refractivity contribution < 1.29 is 9.59 Å². The second kappa shape index (κ2) is 8.85. The van der Waals surface area contributed by atoms with E-state index < -0.39 is 0 Å². The van der Waals surface area contributed by atoms with Gasteiger partial charge in [-0.2, -0.15) is 0 Å². The van der Waals surface area contributed by atoms with Crippen LogP contribution in [0.5, 0.6) is 0 Å². The van der Waals surface area contributed by atoms with Gasteiger partial charge in [-0.25, -0.2) is 0 Å². The van der Waals surface area contributed by atoms with Gasteiger partial charge in [0.2, 0.25) is 5.91 Å². The van der Waals surface area contributed by atoms with Gasteiger partial charge in [0.1, 0.15) is 0 Å². The van der Waals surface area contributed by atoms with Gasteiger partial charge >= 0.3 is 0 Å². The summed E-state index contributed by atoms with van der Waals surface area (Å²) in [4.78, 5) is 27.5. The smallest absolute Gasteiger partial charge is 0.255 e. The van der Waals surface area contributed by atoms with Gasteiger partial charge in [-0.3, -0.25) is 9.59 Å². The average Bonchev–Trinajstić information content (AvgIpc) is 2.93. The van der Waals surface area contributed by atoms with Gasteiger partial charge in [-0.15, -0.1) is 0 Å². The highest BCUT2D eigenvalue weighted by Gasteiger charge is 2.20. The molecule has 2 aromatic carbocycles. The SMILES string of the molecule is Cc1ccc(CC(=O)Nc2ccccc2C(=O)N2CCCCCC2)c(C)c1. The fraction of sp³-hybridized carbons (Fsp3) is 0.391. The highest BCUT2D eigenvalue weighted by atomic mass is 16.2. The first kappa shape index (κ1) is 19.2. The quantitative estimate of drug-likeness (QED) is 0.868. The maximum atomic E-state index is 13.0. The zero-order chi connectivity index (χ0) is 19.2. The maximum absolute atomic E-state index is 13.0. The molecule has 0 unspecified atom stereocenters. The van der Waals surface area contributed by atoms with Gasteiger partial charge in [0, 0.05) is 13.1 Å². The second-order valence-corrected chi connectivity index (χ2v) is 7.41. The fourth-order valence-electron chi connectivity index (χ4n) is 3.63. The van der Waals surface area contributed by atoms with Gasteiger partial charge < -0.3 is 10.2 Å². The molecular formula is C23H28N2O2. The third kappa shape index (κ3) is 4.97. The minimum Gasteiger partial charge on any atom is -0.339 e. The van der Waals surface area contributed by atoms with Crippen molar-refractivity contribution >= 4 is 17.5 Å². The predicted molar refractivity (Wildman–Crippen MR) is 109 cm³/mol. The molecule has 0 radical (unpaired) electrons. The van der Waals surface area contributed by atoms with Crippen molar-refractivity contribution in [3.63, 3.8) is 0 Å². The van der Waals surface area contributed by atoms with E-state index in [1.54, 1.807) is 6.07 Å². The van der Waals surface area contributed by atoms with Gasteiger partial charge in [-0.1, -0.05) is 48.7 Å². The Hall–Kier alpha value is -2.62. The van der Waals surface area contributed by atoms with E-state index in [0.717, 1.165) is 37.1 Å².